The number of ether oxygens (including phenoxy) is 3. The van der Waals surface area contributed by atoms with Gasteiger partial charge >= 0.3 is 0 Å². The molecule has 1 aromatic heterocycles. The average molecular weight is 453 g/mol. The Labute approximate surface area is 192 Å². The number of hydrogen-bond donors (Lipinski definition) is 1. The summed E-state index contributed by atoms with van der Waals surface area (Å²) in [6.07, 6.45) is 3.14. The number of benzene rings is 2. The standard InChI is InChI=1S/C24H28N4O5/c1-18(29)27(2)14-16-33-21-10-9-19(17-22(21)31-3)28-13-11-25-23(24(28)30)26-12-15-32-20-7-5-4-6-8-20/h4-11,13,17H,12,14-16H2,1-3H3,(H,25,26). The number of hydrogen-bond acceptors (Lipinski definition) is 7. The van der Waals surface area contributed by atoms with Crippen LogP contribution in [0.15, 0.2) is 65.7 Å². The van der Waals surface area contributed by atoms with Crippen molar-refractivity contribution in [1.82, 2.24) is 14.5 Å². The zero-order chi connectivity index (χ0) is 23.6. The van der Waals surface area contributed by atoms with Crippen LogP contribution in [0.4, 0.5) is 5.82 Å². The third-order valence-electron chi connectivity index (χ3n) is 4.89. The summed E-state index contributed by atoms with van der Waals surface area (Å²) in [7, 11) is 3.24. The molecule has 174 valence electrons. The Morgan fingerprint density at radius 3 is 2.61 bits per heavy atom. The van der Waals surface area contributed by atoms with Gasteiger partial charge in [-0.15, -0.1) is 0 Å². The monoisotopic (exact) mass is 452 g/mol. The molecule has 0 saturated heterocycles. The second-order valence-corrected chi connectivity index (χ2v) is 7.16. The zero-order valence-electron chi connectivity index (χ0n) is 19.0. The van der Waals surface area contributed by atoms with Crippen LogP contribution in [0.2, 0.25) is 0 Å². The van der Waals surface area contributed by atoms with Crippen LogP contribution in [-0.4, -0.2) is 60.8 Å². The highest BCUT2D eigenvalue weighted by molar-refractivity contribution is 5.72. The van der Waals surface area contributed by atoms with Gasteiger partial charge < -0.3 is 24.4 Å². The Hall–Kier alpha value is -4.01. The fourth-order valence-electron chi connectivity index (χ4n) is 2.97. The Bertz CT molecular complexity index is 1120. The smallest absolute Gasteiger partial charge is 0.297 e. The van der Waals surface area contributed by atoms with Crippen molar-refractivity contribution in [3.63, 3.8) is 0 Å². The fraction of sp³-hybridized carbons (Fsp3) is 0.292. The maximum atomic E-state index is 12.9. The lowest BCUT2D eigenvalue weighted by Gasteiger charge is -2.17. The van der Waals surface area contributed by atoms with Crippen molar-refractivity contribution in [3.8, 4) is 22.9 Å². The molecule has 3 aromatic rings. The van der Waals surface area contributed by atoms with Crippen LogP contribution in [0.1, 0.15) is 6.92 Å². The normalized spacial score (nSPS) is 10.4. The molecule has 0 saturated carbocycles. The van der Waals surface area contributed by atoms with E-state index in [0.29, 0.717) is 43.5 Å². The molecule has 1 N–H and O–H groups in total. The van der Waals surface area contributed by atoms with Gasteiger partial charge in [-0.25, -0.2) is 4.98 Å². The predicted octanol–water partition coefficient (Wildman–Crippen LogP) is 2.59. The van der Waals surface area contributed by atoms with Gasteiger partial charge in [0, 0.05) is 32.4 Å². The molecule has 0 bridgehead atoms. The van der Waals surface area contributed by atoms with E-state index in [9.17, 15) is 9.59 Å². The third kappa shape index (κ3) is 6.49. The van der Waals surface area contributed by atoms with Crippen LogP contribution in [0, 0.1) is 0 Å². The van der Waals surface area contributed by atoms with Crippen molar-refractivity contribution in [1.29, 1.82) is 0 Å². The van der Waals surface area contributed by atoms with Gasteiger partial charge in [-0.1, -0.05) is 18.2 Å². The molecule has 2 aromatic carbocycles. The predicted molar refractivity (Wildman–Crippen MR) is 126 cm³/mol. The lowest BCUT2D eigenvalue weighted by Crippen LogP contribution is -2.28. The topological polar surface area (TPSA) is 94.9 Å². The van der Waals surface area contributed by atoms with Gasteiger partial charge in [0.25, 0.3) is 5.56 Å². The number of anilines is 1. The minimum atomic E-state index is -0.295. The number of aromatic nitrogens is 2. The van der Waals surface area contributed by atoms with Crippen molar-refractivity contribution >= 4 is 11.7 Å². The summed E-state index contributed by atoms with van der Waals surface area (Å²) in [6.45, 7) is 3.08. The molecule has 33 heavy (non-hydrogen) atoms. The average Bonchev–Trinajstić information content (AvgIpc) is 2.83. The summed E-state index contributed by atoms with van der Waals surface area (Å²) in [5.74, 6) is 1.96. The summed E-state index contributed by atoms with van der Waals surface area (Å²) < 4.78 is 18.3. The number of carbonyl (C=O) groups excluding carboxylic acids is 1. The molecule has 0 spiro atoms. The quantitative estimate of drug-likeness (QED) is 0.447. The molecule has 0 aliphatic carbocycles. The maximum absolute atomic E-state index is 12.9. The Balaban J connectivity index is 1.66. The molecule has 9 nitrogen and oxygen atoms in total. The highest BCUT2D eigenvalue weighted by Gasteiger charge is 2.11. The lowest BCUT2D eigenvalue weighted by molar-refractivity contribution is -0.127. The first kappa shape index (κ1) is 23.6. The Kier molecular flexibility index (Phi) is 8.29. The van der Waals surface area contributed by atoms with Gasteiger partial charge in [0.2, 0.25) is 5.91 Å². The van der Waals surface area contributed by atoms with Gasteiger partial charge in [-0.3, -0.25) is 14.2 Å². The Morgan fingerprint density at radius 1 is 1.09 bits per heavy atom. The number of para-hydroxylation sites is 1. The lowest BCUT2D eigenvalue weighted by atomic mass is 10.2. The van der Waals surface area contributed by atoms with Gasteiger partial charge in [-0.2, -0.15) is 0 Å². The van der Waals surface area contributed by atoms with E-state index in [-0.39, 0.29) is 17.3 Å². The van der Waals surface area contributed by atoms with Crippen molar-refractivity contribution < 1.29 is 19.0 Å². The molecular formula is C24H28N4O5. The minimum Gasteiger partial charge on any atom is -0.493 e. The number of rotatable bonds is 11. The van der Waals surface area contributed by atoms with Crippen LogP contribution in [0.5, 0.6) is 17.2 Å². The zero-order valence-corrected chi connectivity index (χ0v) is 19.0. The number of amides is 1. The number of carbonyl (C=O) groups is 1. The summed E-state index contributed by atoms with van der Waals surface area (Å²) in [6, 6.07) is 14.7. The summed E-state index contributed by atoms with van der Waals surface area (Å²) >= 11 is 0. The fourth-order valence-corrected chi connectivity index (χ4v) is 2.97. The van der Waals surface area contributed by atoms with Crippen molar-refractivity contribution in [3.05, 3.63) is 71.3 Å². The number of nitrogens with one attached hydrogen (secondary N) is 1. The van der Waals surface area contributed by atoms with Crippen molar-refractivity contribution in [2.75, 3.05) is 45.8 Å². The molecule has 9 heteroatoms. The highest BCUT2D eigenvalue weighted by atomic mass is 16.5. The molecule has 0 atom stereocenters. The molecule has 0 aliphatic rings. The third-order valence-corrected chi connectivity index (χ3v) is 4.89. The largest absolute Gasteiger partial charge is 0.493 e. The van der Waals surface area contributed by atoms with Gasteiger partial charge in [0.1, 0.15) is 19.0 Å². The summed E-state index contributed by atoms with van der Waals surface area (Å²) in [5.41, 5.74) is 0.312. The summed E-state index contributed by atoms with van der Waals surface area (Å²) in [5, 5.41) is 3.02. The first-order valence-electron chi connectivity index (χ1n) is 10.5. The highest BCUT2D eigenvalue weighted by Crippen LogP contribution is 2.29. The van der Waals surface area contributed by atoms with Crippen LogP contribution in [0.3, 0.4) is 0 Å². The van der Waals surface area contributed by atoms with Crippen LogP contribution >= 0.6 is 0 Å². The van der Waals surface area contributed by atoms with Crippen molar-refractivity contribution in [2.45, 2.75) is 6.92 Å². The van der Waals surface area contributed by atoms with E-state index in [4.69, 9.17) is 14.2 Å². The molecular weight excluding hydrogens is 424 g/mol. The van der Waals surface area contributed by atoms with E-state index in [0.717, 1.165) is 5.75 Å². The van der Waals surface area contributed by atoms with E-state index < -0.39 is 0 Å². The van der Waals surface area contributed by atoms with E-state index >= 15 is 0 Å². The molecule has 1 amide bonds. The van der Waals surface area contributed by atoms with E-state index in [1.54, 1.807) is 42.5 Å². The van der Waals surface area contributed by atoms with Gasteiger partial charge in [0.05, 0.1) is 25.9 Å². The SMILES string of the molecule is COc1cc(-n2ccnc(NCCOc3ccccc3)c2=O)ccc1OCCN(C)C(C)=O. The minimum absolute atomic E-state index is 0.0333. The molecule has 3 rings (SSSR count). The van der Waals surface area contributed by atoms with E-state index in [1.807, 2.05) is 30.3 Å². The first-order chi connectivity index (χ1) is 16.0. The van der Waals surface area contributed by atoms with E-state index in [1.165, 1.54) is 18.6 Å². The van der Waals surface area contributed by atoms with Gasteiger partial charge in [0.15, 0.2) is 17.3 Å². The molecule has 0 radical (unpaired) electrons. The first-order valence-corrected chi connectivity index (χ1v) is 10.5. The summed E-state index contributed by atoms with van der Waals surface area (Å²) in [4.78, 5) is 29.9. The van der Waals surface area contributed by atoms with E-state index in [2.05, 4.69) is 10.3 Å². The Morgan fingerprint density at radius 2 is 1.88 bits per heavy atom. The van der Waals surface area contributed by atoms with Gasteiger partial charge in [-0.05, 0) is 24.3 Å². The van der Waals surface area contributed by atoms with Crippen LogP contribution < -0.4 is 25.1 Å². The van der Waals surface area contributed by atoms with Crippen LogP contribution in [-0.2, 0) is 4.79 Å². The second kappa shape index (κ2) is 11.6. The second-order valence-electron chi connectivity index (χ2n) is 7.16. The number of likely N-dealkylation sites (N-methyl/N-ethyl adjacent to an activating group) is 1. The molecule has 0 fully saturated rings. The van der Waals surface area contributed by atoms with Crippen LogP contribution in [0.25, 0.3) is 5.69 Å². The molecule has 1 heterocycles. The molecule has 0 aliphatic heterocycles. The maximum Gasteiger partial charge on any atom is 0.297 e. The van der Waals surface area contributed by atoms with Crippen molar-refractivity contribution in [2.24, 2.45) is 0 Å². The molecule has 0 unspecified atom stereocenters. The number of nitrogens with zero attached hydrogens (tertiary/aromatic N) is 3. The number of methoxy groups -OCH3 is 1.